The second kappa shape index (κ2) is 9.00. The first kappa shape index (κ1) is 17.1. The Morgan fingerprint density at radius 3 is 2.74 bits per heavy atom. The molecule has 1 amide bonds. The van der Waals surface area contributed by atoms with Gasteiger partial charge in [-0.25, -0.2) is 4.79 Å². The minimum absolute atomic E-state index is 0.280. The van der Waals surface area contributed by atoms with Crippen molar-refractivity contribution in [3.05, 3.63) is 70.2 Å². The van der Waals surface area contributed by atoms with Gasteiger partial charge in [0.2, 0.25) is 0 Å². The average molecular weight is 375 g/mol. The molecule has 2 aromatic rings. The second-order valence-corrected chi connectivity index (χ2v) is 5.81. The molecule has 0 aliphatic carbocycles. The third kappa shape index (κ3) is 6.16. The van der Waals surface area contributed by atoms with Crippen molar-refractivity contribution in [3.63, 3.8) is 0 Å². The number of rotatable bonds is 6. The normalized spacial score (nSPS) is 10.7. The summed E-state index contributed by atoms with van der Waals surface area (Å²) < 4.78 is 6.00. The highest BCUT2D eigenvalue weighted by Gasteiger charge is 2.00. The molecule has 0 fully saturated rings. The summed E-state index contributed by atoms with van der Waals surface area (Å²) in [5.74, 6) is 0. The van der Waals surface area contributed by atoms with E-state index >= 15 is 0 Å². The van der Waals surface area contributed by atoms with Crippen molar-refractivity contribution >= 4 is 33.8 Å². The van der Waals surface area contributed by atoms with Crippen LogP contribution in [0.15, 0.2) is 59.1 Å². The first-order valence-corrected chi connectivity index (χ1v) is 8.10. The summed E-state index contributed by atoms with van der Waals surface area (Å²) in [6.07, 6.45) is 4.30. The molecule has 23 heavy (non-hydrogen) atoms. The van der Waals surface area contributed by atoms with E-state index in [-0.39, 0.29) is 6.61 Å². The molecule has 0 saturated carbocycles. The number of anilines is 1. The van der Waals surface area contributed by atoms with E-state index in [2.05, 4.69) is 21.2 Å². The number of alkyl carbamates (subject to hydrolysis) is 1. The van der Waals surface area contributed by atoms with Gasteiger partial charge in [-0.1, -0.05) is 48.6 Å². The lowest BCUT2D eigenvalue weighted by molar-refractivity contribution is 0.140. The fourth-order valence-electron chi connectivity index (χ4n) is 1.90. The predicted octanol–water partition coefficient (Wildman–Crippen LogP) is 4.36. The van der Waals surface area contributed by atoms with Crippen LogP contribution in [-0.4, -0.2) is 12.6 Å². The molecule has 0 spiro atoms. The molecule has 0 aliphatic heterocycles. The van der Waals surface area contributed by atoms with Gasteiger partial charge in [-0.3, -0.25) is 0 Å². The Morgan fingerprint density at radius 1 is 1.22 bits per heavy atom. The number of hydrogen-bond donors (Lipinski definition) is 2. The van der Waals surface area contributed by atoms with Crippen LogP contribution in [0.5, 0.6) is 0 Å². The summed E-state index contributed by atoms with van der Waals surface area (Å²) in [6.45, 7) is 0.808. The third-order valence-electron chi connectivity index (χ3n) is 3.13. The molecule has 4 nitrogen and oxygen atoms in total. The molecule has 0 heterocycles. The highest BCUT2D eigenvalue weighted by atomic mass is 79.9. The number of halogens is 1. The largest absolute Gasteiger partial charge is 0.445 e. The summed E-state index contributed by atoms with van der Waals surface area (Å²) in [6, 6.07) is 15.3. The first-order chi connectivity index (χ1) is 11.1. The molecular formula is C18H19BrN2O2. The Bertz CT molecular complexity index is 672. The molecule has 0 saturated heterocycles. The van der Waals surface area contributed by atoms with Crippen LogP contribution in [-0.2, 0) is 11.3 Å². The zero-order chi connectivity index (χ0) is 16.5. The van der Waals surface area contributed by atoms with Crippen LogP contribution < -0.4 is 11.1 Å². The number of nitrogen functional groups attached to an aromatic ring is 1. The number of hydrogen-bond acceptors (Lipinski definition) is 3. The van der Waals surface area contributed by atoms with Crippen molar-refractivity contribution in [1.82, 2.24) is 5.32 Å². The summed E-state index contributed by atoms with van der Waals surface area (Å²) in [7, 11) is 0. The lowest BCUT2D eigenvalue weighted by Gasteiger charge is -2.06. The van der Waals surface area contributed by atoms with Crippen LogP contribution in [0.2, 0.25) is 0 Å². The van der Waals surface area contributed by atoms with Crippen LogP contribution >= 0.6 is 15.9 Å². The van der Waals surface area contributed by atoms with Crippen molar-refractivity contribution in [2.45, 2.75) is 13.0 Å². The lowest BCUT2D eigenvalue weighted by atomic mass is 10.2. The number of benzene rings is 2. The van der Waals surface area contributed by atoms with Crippen molar-refractivity contribution in [2.75, 3.05) is 12.3 Å². The molecule has 120 valence electrons. The van der Waals surface area contributed by atoms with E-state index in [4.69, 9.17) is 10.5 Å². The van der Waals surface area contributed by atoms with E-state index in [1.807, 2.05) is 60.7 Å². The van der Waals surface area contributed by atoms with E-state index in [1.165, 1.54) is 0 Å². The van der Waals surface area contributed by atoms with Crippen LogP contribution in [0.25, 0.3) is 6.08 Å². The van der Waals surface area contributed by atoms with Crippen LogP contribution in [0.4, 0.5) is 10.5 Å². The molecule has 0 unspecified atom stereocenters. The van der Waals surface area contributed by atoms with Gasteiger partial charge < -0.3 is 15.8 Å². The highest BCUT2D eigenvalue weighted by molar-refractivity contribution is 9.10. The van der Waals surface area contributed by atoms with E-state index < -0.39 is 6.09 Å². The van der Waals surface area contributed by atoms with E-state index in [0.29, 0.717) is 12.2 Å². The average Bonchev–Trinajstić information content (AvgIpc) is 2.57. The summed E-state index contributed by atoms with van der Waals surface area (Å²) in [5, 5.41) is 2.72. The van der Waals surface area contributed by atoms with Gasteiger partial charge in [0.25, 0.3) is 0 Å². The molecule has 5 heteroatoms. The van der Waals surface area contributed by atoms with Crippen LogP contribution in [0.3, 0.4) is 0 Å². The zero-order valence-corrected chi connectivity index (χ0v) is 14.3. The van der Waals surface area contributed by atoms with Gasteiger partial charge in [-0.2, -0.15) is 0 Å². The minimum atomic E-state index is -0.405. The van der Waals surface area contributed by atoms with Gasteiger partial charge in [0.05, 0.1) is 0 Å². The SMILES string of the molecule is Nc1ccc(C=CCCNC(=O)OCc2ccccc2)cc1Br. The van der Waals surface area contributed by atoms with E-state index in [0.717, 1.165) is 22.0 Å². The fraction of sp³-hybridized carbons (Fsp3) is 0.167. The number of carbonyl (C=O) groups excluding carboxylic acids is 1. The van der Waals surface area contributed by atoms with E-state index in [1.54, 1.807) is 0 Å². The first-order valence-electron chi connectivity index (χ1n) is 7.31. The monoisotopic (exact) mass is 374 g/mol. The number of nitrogens with one attached hydrogen (secondary N) is 1. The number of carbonyl (C=O) groups is 1. The second-order valence-electron chi connectivity index (χ2n) is 4.96. The predicted molar refractivity (Wildman–Crippen MR) is 96.8 cm³/mol. The van der Waals surface area contributed by atoms with Crippen molar-refractivity contribution in [2.24, 2.45) is 0 Å². The molecule has 0 bridgehead atoms. The summed E-state index contributed by atoms with van der Waals surface area (Å²) in [5.41, 5.74) is 8.47. The van der Waals surface area contributed by atoms with Gasteiger partial charge in [-0.05, 0) is 45.6 Å². The van der Waals surface area contributed by atoms with Gasteiger partial charge in [0.15, 0.2) is 0 Å². The quantitative estimate of drug-likeness (QED) is 0.583. The molecule has 3 N–H and O–H groups in total. The van der Waals surface area contributed by atoms with Gasteiger partial charge in [0, 0.05) is 16.7 Å². The maximum atomic E-state index is 11.6. The number of amides is 1. The summed E-state index contributed by atoms with van der Waals surface area (Å²) in [4.78, 5) is 11.6. The zero-order valence-electron chi connectivity index (χ0n) is 12.7. The Hall–Kier alpha value is -2.27. The minimum Gasteiger partial charge on any atom is -0.445 e. The van der Waals surface area contributed by atoms with Crippen LogP contribution in [0.1, 0.15) is 17.5 Å². The Kier molecular flexibility index (Phi) is 6.69. The third-order valence-corrected chi connectivity index (χ3v) is 3.81. The maximum absolute atomic E-state index is 11.6. The molecule has 0 radical (unpaired) electrons. The van der Waals surface area contributed by atoms with Crippen LogP contribution in [0, 0.1) is 0 Å². The molecule has 2 rings (SSSR count). The fourth-order valence-corrected chi connectivity index (χ4v) is 2.29. The smallest absolute Gasteiger partial charge is 0.407 e. The molecule has 0 atom stereocenters. The van der Waals surface area contributed by atoms with E-state index in [9.17, 15) is 4.79 Å². The van der Waals surface area contributed by atoms with Gasteiger partial charge in [-0.15, -0.1) is 0 Å². The van der Waals surface area contributed by atoms with Gasteiger partial charge >= 0.3 is 6.09 Å². The molecular weight excluding hydrogens is 356 g/mol. The Balaban J connectivity index is 1.65. The lowest BCUT2D eigenvalue weighted by Crippen LogP contribution is -2.24. The van der Waals surface area contributed by atoms with Crippen molar-refractivity contribution in [1.29, 1.82) is 0 Å². The molecule has 2 aromatic carbocycles. The van der Waals surface area contributed by atoms with Crippen molar-refractivity contribution < 1.29 is 9.53 Å². The standard InChI is InChI=1S/C18H19BrN2O2/c19-16-12-14(9-10-17(16)20)6-4-5-11-21-18(22)23-13-15-7-2-1-3-8-15/h1-4,6-10,12H,5,11,13,20H2,(H,21,22). The number of nitrogens with two attached hydrogens (primary N) is 1. The molecule has 0 aliphatic rings. The topological polar surface area (TPSA) is 64.3 Å². The van der Waals surface area contributed by atoms with Gasteiger partial charge in [0.1, 0.15) is 6.61 Å². The number of ether oxygens (including phenoxy) is 1. The Labute approximate surface area is 144 Å². The highest BCUT2D eigenvalue weighted by Crippen LogP contribution is 2.21. The summed E-state index contributed by atoms with van der Waals surface area (Å²) >= 11 is 3.39. The molecule has 0 aromatic heterocycles. The Morgan fingerprint density at radius 2 is 2.00 bits per heavy atom. The maximum Gasteiger partial charge on any atom is 0.407 e. The van der Waals surface area contributed by atoms with Crippen molar-refractivity contribution in [3.8, 4) is 0 Å².